The molecule has 1 fully saturated rings. The number of carbonyl (C=O) groups excluding carboxylic acids is 1. The fourth-order valence-corrected chi connectivity index (χ4v) is 2.10. The van der Waals surface area contributed by atoms with Crippen LogP contribution < -0.4 is 10.6 Å². The predicted molar refractivity (Wildman–Crippen MR) is 65.2 cm³/mol. The van der Waals surface area contributed by atoms with Crippen LogP contribution in [-0.4, -0.2) is 25.0 Å². The fourth-order valence-electron chi connectivity index (χ4n) is 2.10. The van der Waals surface area contributed by atoms with E-state index in [0.717, 1.165) is 32.0 Å². The van der Waals surface area contributed by atoms with Gasteiger partial charge in [-0.25, -0.2) is 0 Å². The van der Waals surface area contributed by atoms with E-state index >= 15 is 0 Å². The van der Waals surface area contributed by atoms with Crippen molar-refractivity contribution in [1.82, 2.24) is 10.6 Å². The maximum atomic E-state index is 11.6. The molecule has 2 aliphatic rings. The smallest absolute Gasteiger partial charge is 0.224 e. The molecule has 2 rings (SSSR count). The maximum Gasteiger partial charge on any atom is 0.224 e. The minimum Gasteiger partial charge on any atom is -0.355 e. The molecule has 0 atom stereocenters. The van der Waals surface area contributed by atoms with Gasteiger partial charge in [0.2, 0.25) is 5.91 Å². The number of amides is 1. The molecule has 0 aromatic rings. The lowest BCUT2D eigenvalue weighted by Crippen LogP contribution is -2.32. The zero-order valence-electron chi connectivity index (χ0n) is 9.93. The zero-order valence-corrected chi connectivity index (χ0v) is 9.93. The molecule has 0 saturated heterocycles. The summed E-state index contributed by atoms with van der Waals surface area (Å²) in [6.07, 6.45) is 10.3. The van der Waals surface area contributed by atoms with Gasteiger partial charge in [-0.15, -0.1) is 0 Å². The highest BCUT2D eigenvalue weighted by Gasteiger charge is 2.19. The van der Waals surface area contributed by atoms with Crippen molar-refractivity contribution >= 4 is 5.91 Å². The largest absolute Gasteiger partial charge is 0.355 e. The molecule has 0 aromatic carbocycles. The molecular formula is C13H22N2O. The minimum absolute atomic E-state index is 0.186. The second kappa shape index (κ2) is 6.04. The van der Waals surface area contributed by atoms with Crippen LogP contribution in [0.2, 0.25) is 0 Å². The number of nitrogens with one attached hydrogen (secondary N) is 2. The van der Waals surface area contributed by atoms with E-state index in [9.17, 15) is 4.79 Å². The number of allylic oxidation sites excluding steroid dienone is 1. The third-order valence-electron chi connectivity index (χ3n) is 3.23. The van der Waals surface area contributed by atoms with Crippen LogP contribution in [0.25, 0.3) is 0 Å². The maximum absolute atomic E-state index is 11.6. The highest BCUT2D eigenvalue weighted by Crippen LogP contribution is 2.19. The SMILES string of the molecule is O=C(CC1=CCCCC1)NCCNC1CC1. The van der Waals surface area contributed by atoms with Crippen LogP contribution in [0.4, 0.5) is 0 Å². The van der Waals surface area contributed by atoms with Crippen molar-refractivity contribution in [2.75, 3.05) is 13.1 Å². The third kappa shape index (κ3) is 4.35. The van der Waals surface area contributed by atoms with Gasteiger partial charge in [-0.1, -0.05) is 11.6 Å². The molecule has 0 radical (unpaired) electrons. The quantitative estimate of drug-likeness (QED) is 0.531. The molecule has 0 unspecified atom stereocenters. The standard InChI is InChI=1S/C13H22N2O/c16-13(10-11-4-2-1-3-5-11)15-9-8-14-12-6-7-12/h4,12,14H,1-3,5-10H2,(H,15,16). The first-order valence-electron chi connectivity index (χ1n) is 6.52. The predicted octanol–water partition coefficient (Wildman–Crippen LogP) is 1.75. The molecule has 3 nitrogen and oxygen atoms in total. The van der Waals surface area contributed by atoms with Crippen molar-refractivity contribution in [2.24, 2.45) is 0 Å². The van der Waals surface area contributed by atoms with Gasteiger partial charge in [0.1, 0.15) is 0 Å². The summed E-state index contributed by atoms with van der Waals surface area (Å²) in [5, 5.41) is 6.36. The lowest BCUT2D eigenvalue weighted by molar-refractivity contribution is -0.120. The average molecular weight is 222 g/mol. The van der Waals surface area contributed by atoms with Gasteiger partial charge < -0.3 is 10.6 Å². The normalized spacial score (nSPS) is 20.4. The Bertz CT molecular complexity index is 269. The molecule has 0 aliphatic heterocycles. The highest BCUT2D eigenvalue weighted by atomic mass is 16.1. The highest BCUT2D eigenvalue weighted by molar-refractivity contribution is 5.78. The Morgan fingerprint density at radius 3 is 2.88 bits per heavy atom. The molecular weight excluding hydrogens is 200 g/mol. The van der Waals surface area contributed by atoms with E-state index in [1.165, 1.54) is 31.3 Å². The van der Waals surface area contributed by atoms with E-state index in [4.69, 9.17) is 0 Å². The topological polar surface area (TPSA) is 41.1 Å². The Kier molecular flexibility index (Phi) is 4.40. The van der Waals surface area contributed by atoms with Crippen molar-refractivity contribution in [3.63, 3.8) is 0 Å². The van der Waals surface area contributed by atoms with Crippen LogP contribution in [0.3, 0.4) is 0 Å². The van der Waals surface area contributed by atoms with E-state index in [-0.39, 0.29) is 5.91 Å². The first-order chi connectivity index (χ1) is 7.84. The summed E-state index contributed by atoms with van der Waals surface area (Å²) in [5.74, 6) is 0.186. The monoisotopic (exact) mass is 222 g/mol. The molecule has 0 bridgehead atoms. The number of carbonyl (C=O) groups is 1. The van der Waals surface area contributed by atoms with E-state index in [1.54, 1.807) is 0 Å². The van der Waals surface area contributed by atoms with Crippen molar-refractivity contribution in [2.45, 2.75) is 51.0 Å². The van der Waals surface area contributed by atoms with Gasteiger partial charge in [0.15, 0.2) is 0 Å². The summed E-state index contributed by atoms with van der Waals surface area (Å²) in [6.45, 7) is 1.68. The van der Waals surface area contributed by atoms with Gasteiger partial charge in [-0.3, -0.25) is 4.79 Å². The second-order valence-corrected chi connectivity index (χ2v) is 4.86. The van der Waals surface area contributed by atoms with E-state index < -0.39 is 0 Å². The molecule has 0 heterocycles. The molecule has 1 saturated carbocycles. The zero-order chi connectivity index (χ0) is 11.2. The van der Waals surface area contributed by atoms with E-state index in [0.29, 0.717) is 6.42 Å². The summed E-state index contributed by atoms with van der Waals surface area (Å²) in [4.78, 5) is 11.6. The first kappa shape index (κ1) is 11.6. The van der Waals surface area contributed by atoms with Crippen LogP contribution in [0.1, 0.15) is 44.9 Å². The van der Waals surface area contributed by atoms with Crippen LogP contribution in [0.5, 0.6) is 0 Å². The summed E-state index contributed by atoms with van der Waals surface area (Å²) in [7, 11) is 0. The van der Waals surface area contributed by atoms with Crippen molar-refractivity contribution < 1.29 is 4.79 Å². The van der Waals surface area contributed by atoms with Crippen LogP contribution in [0, 0.1) is 0 Å². The van der Waals surface area contributed by atoms with E-state index in [1.807, 2.05) is 0 Å². The minimum atomic E-state index is 0.186. The fraction of sp³-hybridized carbons (Fsp3) is 0.769. The molecule has 2 aliphatic carbocycles. The molecule has 0 aromatic heterocycles. The first-order valence-corrected chi connectivity index (χ1v) is 6.52. The molecule has 1 amide bonds. The van der Waals surface area contributed by atoms with Gasteiger partial charge in [-0.05, 0) is 38.5 Å². The summed E-state index contributed by atoms with van der Waals surface area (Å²) < 4.78 is 0. The summed E-state index contributed by atoms with van der Waals surface area (Å²) in [5.41, 5.74) is 1.33. The Balaban J connectivity index is 1.54. The molecule has 0 spiro atoms. The number of hydrogen-bond acceptors (Lipinski definition) is 2. The van der Waals surface area contributed by atoms with Gasteiger partial charge in [-0.2, -0.15) is 0 Å². The number of hydrogen-bond donors (Lipinski definition) is 2. The van der Waals surface area contributed by atoms with Crippen LogP contribution in [0.15, 0.2) is 11.6 Å². The Morgan fingerprint density at radius 1 is 1.31 bits per heavy atom. The van der Waals surface area contributed by atoms with Crippen molar-refractivity contribution in [1.29, 1.82) is 0 Å². The molecule has 90 valence electrons. The summed E-state index contributed by atoms with van der Waals surface area (Å²) in [6, 6.07) is 0.734. The Labute approximate surface area is 97.7 Å². The van der Waals surface area contributed by atoms with Gasteiger partial charge in [0.05, 0.1) is 0 Å². The molecule has 3 heteroatoms. The lowest BCUT2D eigenvalue weighted by atomic mass is 9.97. The molecule has 16 heavy (non-hydrogen) atoms. The average Bonchev–Trinajstić information content (AvgIpc) is 3.10. The van der Waals surface area contributed by atoms with Crippen molar-refractivity contribution in [3.8, 4) is 0 Å². The van der Waals surface area contributed by atoms with Crippen LogP contribution in [-0.2, 0) is 4.79 Å². The number of rotatable bonds is 6. The van der Waals surface area contributed by atoms with Crippen LogP contribution >= 0.6 is 0 Å². The van der Waals surface area contributed by atoms with Crippen molar-refractivity contribution in [3.05, 3.63) is 11.6 Å². The summed E-state index contributed by atoms with van der Waals surface area (Å²) >= 11 is 0. The lowest BCUT2D eigenvalue weighted by Gasteiger charge is -2.12. The second-order valence-electron chi connectivity index (χ2n) is 4.86. The van der Waals surface area contributed by atoms with Gasteiger partial charge in [0, 0.05) is 25.6 Å². The van der Waals surface area contributed by atoms with E-state index in [2.05, 4.69) is 16.7 Å². The molecule has 2 N–H and O–H groups in total. The third-order valence-corrected chi connectivity index (χ3v) is 3.23. The van der Waals surface area contributed by atoms with Gasteiger partial charge in [0.25, 0.3) is 0 Å². The Hall–Kier alpha value is -0.830. The Morgan fingerprint density at radius 2 is 2.19 bits per heavy atom. The van der Waals surface area contributed by atoms with Gasteiger partial charge >= 0.3 is 0 Å².